The van der Waals surface area contributed by atoms with Gasteiger partial charge in [-0.1, -0.05) is 102 Å². The summed E-state index contributed by atoms with van der Waals surface area (Å²) in [4.78, 5) is 5.15. The molecule has 1 atom stereocenters. The zero-order valence-corrected chi connectivity index (χ0v) is 17.9. The molecule has 1 aliphatic heterocycles. The summed E-state index contributed by atoms with van der Waals surface area (Å²) in [5, 5.41) is 0. The first-order chi connectivity index (χ1) is 13.3. The highest BCUT2D eigenvalue weighted by Crippen LogP contribution is 2.22. The maximum Gasteiger partial charge on any atom is 0.105 e. The molecule has 0 aromatic heterocycles. The highest BCUT2D eigenvalue weighted by atomic mass is 15.4. The van der Waals surface area contributed by atoms with Crippen molar-refractivity contribution in [1.29, 1.82) is 0 Å². The Kier molecular flexibility index (Phi) is 11.1. The van der Waals surface area contributed by atoms with Gasteiger partial charge in [0.15, 0.2) is 0 Å². The topological polar surface area (TPSA) is 6.48 Å². The fourth-order valence-corrected chi connectivity index (χ4v) is 4.01. The van der Waals surface area contributed by atoms with E-state index in [-0.39, 0.29) is 0 Å². The minimum atomic E-state index is 0.507. The normalized spacial score (nSPS) is 16.4. The minimum Gasteiger partial charge on any atom is -0.356 e. The molecule has 0 N–H and O–H groups in total. The van der Waals surface area contributed by atoms with Crippen LogP contribution in [0.4, 0.5) is 0 Å². The average molecular weight is 371 g/mol. The molecule has 2 nitrogen and oxygen atoms in total. The van der Waals surface area contributed by atoms with Gasteiger partial charge in [0.2, 0.25) is 0 Å². The monoisotopic (exact) mass is 370 g/mol. The molecule has 1 aromatic carbocycles. The van der Waals surface area contributed by atoms with E-state index >= 15 is 0 Å². The van der Waals surface area contributed by atoms with E-state index in [9.17, 15) is 0 Å². The number of rotatable bonds is 15. The first-order valence-electron chi connectivity index (χ1n) is 11.6. The molecular weight excluding hydrogens is 328 g/mol. The predicted molar refractivity (Wildman–Crippen MR) is 119 cm³/mol. The van der Waals surface area contributed by atoms with E-state index in [1.165, 1.54) is 89.3 Å². The molecule has 1 heterocycles. The molecule has 2 heteroatoms. The van der Waals surface area contributed by atoms with Crippen molar-refractivity contribution in [2.45, 2.75) is 97.1 Å². The van der Waals surface area contributed by atoms with Crippen molar-refractivity contribution in [1.82, 2.24) is 9.80 Å². The van der Waals surface area contributed by atoms with Crippen LogP contribution in [0.15, 0.2) is 42.7 Å². The van der Waals surface area contributed by atoms with Crippen molar-refractivity contribution >= 4 is 0 Å². The maximum absolute atomic E-state index is 2.59. The van der Waals surface area contributed by atoms with Gasteiger partial charge in [0, 0.05) is 31.9 Å². The second kappa shape index (κ2) is 13.7. The predicted octanol–water partition coefficient (Wildman–Crippen LogP) is 6.97. The first kappa shape index (κ1) is 21.9. The molecule has 0 spiro atoms. The molecule has 1 unspecified atom stereocenters. The molecule has 0 aliphatic carbocycles. The largest absolute Gasteiger partial charge is 0.356 e. The van der Waals surface area contributed by atoms with Gasteiger partial charge in [-0.2, -0.15) is 0 Å². The van der Waals surface area contributed by atoms with Gasteiger partial charge in [-0.05, 0) is 18.4 Å². The Balaban J connectivity index is 1.70. The molecule has 0 fully saturated rings. The number of unbranched alkanes of at least 4 members (excludes halogenated alkanes) is 9. The summed E-state index contributed by atoms with van der Waals surface area (Å²) in [6.45, 7) is 6.96. The number of nitrogens with zero attached hydrogens (tertiary/aromatic N) is 2. The Labute approximate surface area is 168 Å². The van der Waals surface area contributed by atoms with Crippen molar-refractivity contribution in [3.63, 3.8) is 0 Å². The highest BCUT2D eigenvalue weighted by Gasteiger charge is 2.25. The Hall–Kier alpha value is -1.44. The second-order valence-electron chi connectivity index (χ2n) is 8.13. The van der Waals surface area contributed by atoms with Crippen molar-refractivity contribution in [2.75, 3.05) is 13.1 Å². The van der Waals surface area contributed by atoms with Gasteiger partial charge in [-0.25, -0.2) is 0 Å². The van der Waals surface area contributed by atoms with Crippen molar-refractivity contribution < 1.29 is 0 Å². The van der Waals surface area contributed by atoms with Crippen LogP contribution in [0.2, 0.25) is 0 Å². The lowest BCUT2D eigenvalue weighted by Crippen LogP contribution is -2.41. The molecule has 27 heavy (non-hydrogen) atoms. The van der Waals surface area contributed by atoms with Crippen molar-refractivity contribution in [3.8, 4) is 0 Å². The molecule has 0 radical (unpaired) electrons. The van der Waals surface area contributed by atoms with Crippen molar-refractivity contribution in [3.05, 3.63) is 48.3 Å². The average Bonchev–Trinajstić information content (AvgIpc) is 3.07. The van der Waals surface area contributed by atoms with Crippen LogP contribution >= 0.6 is 0 Å². The zero-order chi connectivity index (χ0) is 19.2. The molecule has 1 aliphatic rings. The lowest BCUT2D eigenvalue weighted by molar-refractivity contribution is 0.148. The summed E-state index contributed by atoms with van der Waals surface area (Å²) in [5.74, 6) is 0. The van der Waals surface area contributed by atoms with Gasteiger partial charge in [0.05, 0.1) is 0 Å². The molecule has 0 saturated carbocycles. The minimum absolute atomic E-state index is 0.507. The highest BCUT2D eigenvalue weighted by molar-refractivity contribution is 5.17. The Morgan fingerprint density at radius 2 is 1.15 bits per heavy atom. The van der Waals surface area contributed by atoms with E-state index in [4.69, 9.17) is 0 Å². The summed E-state index contributed by atoms with van der Waals surface area (Å²) >= 11 is 0. The number of hydrogen-bond donors (Lipinski definition) is 0. The first-order valence-corrected chi connectivity index (χ1v) is 11.6. The van der Waals surface area contributed by atoms with E-state index in [0.29, 0.717) is 6.17 Å². The van der Waals surface area contributed by atoms with Gasteiger partial charge >= 0.3 is 0 Å². The van der Waals surface area contributed by atoms with Gasteiger partial charge in [0.1, 0.15) is 6.17 Å². The summed E-state index contributed by atoms with van der Waals surface area (Å²) in [6, 6.07) is 11.0. The molecule has 0 saturated heterocycles. The van der Waals surface area contributed by atoms with E-state index < -0.39 is 0 Å². The SMILES string of the molecule is CCCCCCCCCCCN1C=CN(CCCC)C1Cc1ccccc1. The summed E-state index contributed by atoms with van der Waals surface area (Å²) < 4.78 is 0. The second-order valence-corrected chi connectivity index (χ2v) is 8.13. The van der Waals surface area contributed by atoms with Crippen molar-refractivity contribution in [2.24, 2.45) is 0 Å². The standard InChI is InChI=1S/C25H42N2/c1-3-5-7-8-9-10-11-12-16-20-27-22-21-26(19-6-4-2)25(27)23-24-17-14-13-15-18-24/h13-15,17-18,21-22,25H,3-12,16,19-20,23H2,1-2H3. The van der Waals surface area contributed by atoms with E-state index in [2.05, 4.69) is 66.4 Å². The Morgan fingerprint density at radius 1 is 0.630 bits per heavy atom. The van der Waals surface area contributed by atoms with Crippen LogP contribution < -0.4 is 0 Å². The lowest BCUT2D eigenvalue weighted by Gasteiger charge is -2.33. The summed E-state index contributed by atoms with van der Waals surface area (Å²) in [7, 11) is 0. The molecule has 2 rings (SSSR count). The van der Waals surface area contributed by atoms with Crippen LogP contribution in [0.5, 0.6) is 0 Å². The summed E-state index contributed by atoms with van der Waals surface area (Å²) in [5.41, 5.74) is 1.45. The molecule has 152 valence electrons. The molecular formula is C25H42N2. The molecule has 1 aromatic rings. The van der Waals surface area contributed by atoms with Crippen LogP contribution in [-0.4, -0.2) is 29.1 Å². The van der Waals surface area contributed by atoms with Crippen LogP contribution in [0.1, 0.15) is 90.0 Å². The van der Waals surface area contributed by atoms with Gasteiger partial charge in [-0.3, -0.25) is 0 Å². The molecule has 0 bridgehead atoms. The van der Waals surface area contributed by atoms with Gasteiger partial charge in [0.25, 0.3) is 0 Å². The molecule has 0 amide bonds. The third-order valence-corrected chi connectivity index (χ3v) is 5.77. The number of hydrogen-bond acceptors (Lipinski definition) is 2. The fraction of sp³-hybridized carbons (Fsp3) is 0.680. The smallest absolute Gasteiger partial charge is 0.105 e. The summed E-state index contributed by atoms with van der Waals surface area (Å²) in [6.07, 6.45) is 21.5. The van der Waals surface area contributed by atoms with Crippen LogP contribution in [0, 0.1) is 0 Å². The van der Waals surface area contributed by atoms with Gasteiger partial charge in [-0.15, -0.1) is 0 Å². The van der Waals surface area contributed by atoms with E-state index in [1.54, 1.807) is 0 Å². The Bertz CT molecular complexity index is 496. The third-order valence-electron chi connectivity index (χ3n) is 5.77. The lowest BCUT2D eigenvalue weighted by atomic mass is 10.1. The van der Waals surface area contributed by atoms with Crippen LogP contribution in [-0.2, 0) is 6.42 Å². The van der Waals surface area contributed by atoms with Gasteiger partial charge < -0.3 is 9.80 Å². The maximum atomic E-state index is 2.59. The van der Waals surface area contributed by atoms with E-state index in [1.807, 2.05) is 0 Å². The Morgan fingerprint density at radius 3 is 1.74 bits per heavy atom. The van der Waals surface area contributed by atoms with E-state index in [0.717, 1.165) is 6.42 Å². The number of benzene rings is 1. The zero-order valence-electron chi connectivity index (χ0n) is 17.9. The third kappa shape index (κ3) is 8.41. The van der Waals surface area contributed by atoms with Crippen LogP contribution in [0.25, 0.3) is 0 Å². The fourth-order valence-electron chi connectivity index (χ4n) is 4.01. The quantitative estimate of drug-likeness (QED) is 0.307. The van der Waals surface area contributed by atoms with Crippen LogP contribution in [0.3, 0.4) is 0 Å².